The number of nitrogens with one attached hydrogen (secondary N) is 1. The standard InChI is InChI=1S/C18H15F4NO5/c1-26-15-7-2-11(8-14(15)19)9-17(25)27-10-16(24)23-12-3-5-13(6-4-12)28-18(20,21)22/h2-8H,9-10H2,1H3,(H,23,24). The number of methoxy groups -OCH3 is 1. The number of esters is 1. The van der Waals surface area contributed by atoms with E-state index in [-0.39, 0.29) is 17.9 Å². The molecule has 2 aromatic rings. The Morgan fingerprint density at radius 2 is 1.75 bits per heavy atom. The monoisotopic (exact) mass is 401 g/mol. The molecule has 0 saturated heterocycles. The summed E-state index contributed by atoms with van der Waals surface area (Å²) >= 11 is 0. The van der Waals surface area contributed by atoms with Gasteiger partial charge in [-0.15, -0.1) is 13.2 Å². The van der Waals surface area contributed by atoms with Gasteiger partial charge in [-0.2, -0.15) is 0 Å². The van der Waals surface area contributed by atoms with Gasteiger partial charge in [-0.3, -0.25) is 9.59 Å². The van der Waals surface area contributed by atoms with Gasteiger partial charge in [-0.25, -0.2) is 4.39 Å². The van der Waals surface area contributed by atoms with E-state index in [9.17, 15) is 27.2 Å². The summed E-state index contributed by atoms with van der Waals surface area (Å²) in [5.41, 5.74) is 0.525. The van der Waals surface area contributed by atoms with E-state index >= 15 is 0 Å². The third kappa shape index (κ3) is 6.78. The van der Waals surface area contributed by atoms with E-state index < -0.39 is 36.4 Å². The van der Waals surface area contributed by atoms with Gasteiger partial charge in [0.25, 0.3) is 5.91 Å². The van der Waals surface area contributed by atoms with Crippen molar-refractivity contribution in [2.24, 2.45) is 0 Å². The first kappa shape index (κ1) is 21.0. The molecule has 0 bridgehead atoms. The van der Waals surface area contributed by atoms with Crippen LogP contribution in [-0.2, 0) is 20.7 Å². The minimum absolute atomic E-state index is 0.0307. The van der Waals surface area contributed by atoms with Crippen LogP contribution in [0.2, 0.25) is 0 Å². The summed E-state index contributed by atoms with van der Waals surface area (Å²) in [5.74, 6) is -2.50. The van der Waals surface area contributed by atoms with Crippen molar-refractivity contribution in [2.45, 2.75) is 12.8 Å². The van der Waals surface area contributed by atoms with Crippen LogP contribution in [0.5, 0.6) is 11.5 Å². The number of alkyl halides is 3. The van der Waals surface area contributed by atoms with Crippen LogP contribution in [0.25, 0.3) is 0 Å². The summed E-state index contributed by atoms with van der Waals surface area (Å²) < 4.78 is 63.0. The molecule has 0 atom stereocenters. The highest BCUT2D eigenvalue weighted by molar-refractivity contribution is 5.92. The number of amides is 1. The lowest BCUT2D eigenvalue weighted by molar-refractivity contribution is -0.274. The number of carbonyl (C=O) groups excluding carboxylic acids is 2. The summed E-state index contributed by atoms with van der Waals surface area (Å²) in [7, 11) is 1.31. The van der Waals surface area contributed by atoms with Gasteiger partial charge >= 0.3 is 12.3 Å². The highest BCUT2D eigenvalue weighted by atomic mass is 19.4. The normalized spacial score (nSPS) is 10.9. The number of ether oxygens (including phenoxy) is 3. The van der Waals surface area contributed by atoms with Gasteiger partial charge in [0, 0.05) is 5.69 Å². The van der Waals surface area contributed by atoms with Crippen LogP contribution in [0.1, 0.15) is 5.56 Å². The smallest absolute Gasteiger partial charge is 0.494 e. The molecule has 0 spiro atoms. The van der Waals surface area contributed by atoms with E-state index in [1.807, 2.05) is 0 Å². The maximum atomic E-state index is 13.6. The summed E-state index contributed by atoms with van der Waals surface area (Å²) in [4.78, 5) is 23.5. The van der Waals surface area contributed by atoms with E-state index in [0.717, 1.165) is 18.2 Å². The van der Waals surface area contributed by atoms with Gasteiger partial charge < -0.3 is 19.5 Å². The fourth-order valence-electron chi connectivity index (χ4n) is 2.12. The molecule has 0 unspecified atom stereocenters. The molecule has 0 heterocycles. The molecule has 10 heteroatoms. The maximum Gasteiger partial charge on any atom is 0.573 e. The third-order valence-corrected chi connectivity index (χ3v) is 3.30. The molecule has 0 aliphatic heterocycles. The third-order valence-electron chi connectivity index (χ3n) is 3.30. The number of halogens is 4. The van der Waals surface area contributed by atoms with E-state index in [1.165, 1.54) is 31.4 Å². The second-order valence-electron chi connectivity index (χ2n) is 5.43. The molecule has 2 rings (SSSR count). The number of hydrogen-bond acceptors (Lipinski definition) is 5. The topological polar surface area (TPSA) is 73.9 Å². The van der Waals surface area contributed by atoms with Crippen molar-refractivity contribution in [2.75, 3.05) is 19.0 Å². The second kappa shape index (κ2) is 9.07. The number of benzene rings is 2. The minimum atomic E-state index is -4.81. The van der Waals surface area contributed by atoms with Crippen molar-refractivity contribution in [3.8, 4) is 11.5 Å². The summed E-state index contributed by atoms with van der Waals surface area (Å²) in [6.07, 6.45) is -5.07. The molecular formula is C18H15F4NO5. The lowest BCUT2D eigenvalue weighted by Gasteiger charge is -2.10. The summed E-state index contributed by atoms with van der Waals surface area (Å²) in [5, 5.41) is 2.35. The molecule has 6 nitrogen and oxygen atoms in total. The molecule has 0 aromatic heterocycles. The van der Waals surface area contributed by atoms with Crippen LogP contribution in [0.15, 0.2) is 42.5 Å². The van der Waals surface area contributed by atoms with Crippen molar-refractivity contribution < 1.29 is 41.4 Å². The highest BCUT2D eigenvalue weighted by Gasteiger charge is 2.30. The van der Waals surface area contributed by atoms with Crippen LogP contribution >= 0.6 is 0 Å². The Bertz CT molecular complexity index is 837. The van der Waals surface area contributed by atoms with Gasteiger partial charge in [0.2, 0.25) is 0 Å². The summed E-state index contributed by atoms with van der Waals surface area (Å²) in [6, 6.07) is 8.39. The van der Waals surface area contributed by atoms with Crippen LogP contribution in [0, 0.1) is 5.82 Å². The van der Waals surface area contributed by atoms with Gasteiger partial charge in [-0.1, -0.05) is 6.07 Å². The average molecular weight is 401 g/mol. The van der Waals surface area contributed by atoms with Crippen molar-refractivity contribution >= 4 is 17.6 Å². The number of hydrogen-bond donors (Lipinski definition) is 1. The first-order valence-corrected chi connectivity index (χ1v) is 7.80. The average Bonchev–Trinajstić information content (AvgIpc) is 2.61. The van der Waals surface area contributed by atoms with E-state index in [0.29, 0.717) is 5.56 Å². The van der Waals surface area contributed by atoms with Gasteiger partial charge in [0.1, 0.15) is 5.75 Å². The Labute approximate surface area is 157 Å². The van der Waals surface area contributed by atoms with Crippen molar-refractivity contribution in [3.05, 3.63) is 53.8 Å². The molecule has 1 N–H and O–H groups in total. The molecular weight excluding hydrogens is 386 g/mol. The first-order chi connectivity index (χ1) is 13.2. The zero-order valence-electron chi connectivity index (χ0n) is 14.5. The maximum absolute atomic E-state index is 13.6. The molecule has 0 aliphatic rings. The fourth-order valence-corrected chi connectivity index (χ4v) is 2.12. The molecule has 2 aromatic carbocycles. The fraction of sp³-hybridized carbons (Fsp3) is 0.222. The predicted octanol–water partition coefficient (Wildman–Crippen LogP) is 3.46. The minimum Gasteiger partial charge on any atom is -0.494 e. The van der Waals surface area contributed by atoms with Crippen molar-refractivity contribution in [3.63, 3.8) is 0 Å². The lowest BCUT2D eigenvalue weighted by atomic mass is 10.1. The van der Waals surface area contributed by atoms with Crippen LogP contribution < -0.4 is 14.8 Å². The predicted molar refractivity (Wildman–Crippen MR) is 89.4 cm³/mol. The van der Waals surface area contributed by atoms with Crippen molar-refractivity contribution in [1.82, 2.24) is 0 Å². The molecule has 150 valence electrons. The van der Waals surface area contributed by atoms with Crippen molar-refractivity contribution in [1.29, 1.82) is 0 Å². The molecule has 0 aliphatic carbocycles. The largest absolute Gasteiger partial charge is 0.573 e. The van der Waals surface area contributed by atoms with Gasteiger partial charge in [0.05, 0.1) is 13.5 Å². The number of anilines is 1. The Morgan fingerprint density at radius 1 is 1.07 bits per heavy atom. The number of rotatable bonds is 7. The van der Waals surface area contributed by atoms with Crippen LogP contribution in [0.3, 0.4) is 0 Å². The summed E-state index contributed by atoms with van der Waals surface area (Å²) in [6.45, 7) is -0.613. The zero-order valence-corrected chi connectivity index (χ0v) is 14.5. The molecule has 0 saturated carbocycles. The molecule has 0 fully saturated rings. The van der Waals surface area contributed by atoms with E-state index in [4.69, 9.17) is 9.47 Å². The quantitative estimate of drug-likeness (QED) is 0.568. The Kier molecular flexibility index (Phi) is 6.80. The van der Waals surface area contributed by atoms with E-state index in [2.05, 4.69) is 10.1 Å². The molecule has 28 heavy (non-hydrogen) atoms. The SMILES string of the molecule is COc1ccc(CC(=O)OCC(=O)Nc2ccc(OC(F)(F)F)cc2)cc1F. The lowest BCUT2D eigenvalue weighted by Crippen LogP contribution is -2.21. The second-order valence-corrected chi connectivity index (χ2v) is 5.43. The highest BCUT2D eigenvalue weighted by Crippen LogP contribution is 2.24. The molecule has 0 radical (unpaired) electrons. The molecule has 1 amide bonds. The van der Waals surface area contributed by atoms with Gasteiger partial charge in [-0.05, 0) is 42.0 Å². The first-order valence-electron chi connectivity index (χ1n) is 7.80. The van der Waals surface area contributed by atoms with Crippen LogP contribution in [0.4, 0.5) is 23.2 Å². The van der Waals surface area contributed by atoms with Crippen LogP contribution in [-0.4, -0.2) is 32.0 Å². The Hall–Kier alpha value is -3.30. The van der Waals surface area contributed by atoms with Gasteiger partial charge in [0.15, 0.2) is 18.2 Å². The van der Waals surface area contributed by atoms with E-state index in [1.54, 1.807) is 0 Å². The zero-order chi connectivity index (χ0) is 20.7. The Morgan fingerprint density at radius 3 is 2.32 bits per heavy atom. The number of carbonyl (C=O) groups is 2. The Balaban J connectivity index is 1.80.